The number of carbonyl (C=O) groups excluding carboxylic acids is 1. The second-order valence-corrected chi connectivity index (χ2v) is 7.51. The summed E-state index contributed by atoms with van der Waals surface area (Å²) in [5.41, 5.74) is 5.14. The molecule has 0 fully saturated rings. The molecule has 0 aliphatic rings. The summed E-state index contributed by atoms with van der Waals surface area (Å²) in [6.07, 6.45) is 1.56. The molecule has 0 radical (unpaired) electrons. The van der Waals surface area contributed by atoms with Gasteiger partial charge in [-0.3, -0.25) is 10.1 Å². The Kier molecular flexibility index (Phi) is 3.99. The number of H-pyrrole nitrogens is 1. The number of benzene rings is 2. The van der Waals surface area contributed by atoms with Crippen molar-refractivity contribution in [1.29, 1.82) is 0 Å². The van der Waals surface area contributed by atoms with Gasteiger partial charge >= 0.3 is 5.63 Å². The van der Waals surface area contributed by atoms with Crippen LogP contribution in [0.15, 0.2) is 50.2 Å². The molecule has 0 spiro atoms. The van der Waals surface area contributed by atoms with Crippen LogP contribution < -0.4 is 10.9 Å². The third-order valence-corrected chi connectivity index (χ3v) is 5.45. The Morgan fingerprint density at radius 1 is 1.13 bits per heavy atom. The van der Waals surface area contributed by atoms with Gasteiger partial charge < -0.3 is 13.8 Å². The van der Waals surface area contributed by atoms with E-state index in [4.69, 9.17) is 8.83 Å². The van der Waals surface area contributed by atoms with Crippen LogP contribution in [-0.4, -0.2) is 15.9 Å². The second-order valence-electron chi connectivity index (χ2n) is 7.51. The van der Waals surface area contributed by atoms with E-state index in [1.165, 1.54) is 0 Å². The average molecular weight is 401 g/mol. The minimum atomic E-state index is -0.526. The highest BCUT2D eigenvalue weighted by molar-refractivity contribution is 6.07. The summed E-state index contributed by atoms with van der Waals surface area (Å²) in [7, 11) is 0. The molecule has 5 aromatic rings. The number of aromatic nitrogens is 2. The second kappa shape index (κ2) is 6.59. The minimum absolute atomic E-state index is 0.129. The molecule has 0 atom stereocenters. The highest BCUT2D eigenvalue weighted by Gasteiger charge is 2.20. The van der Waals surface area contributed by atoms with E-state index >= 15 is 0 Å². The van der Waals surface area contributed by atoms with E-state index in [-0.39, 0.29) is 12.3 Å². The van der Waals surface area contributed by atoms with E-state index in [0.29, 0.717) is 28.2 Å². The summed E-state index contributed by atoms with van der Waals surface area (Å²) in [6.45, 7) is 5.74. The van der Waals surface area contributed by atoms with Gasteiger partial charge in [0.1, 0.15) is 11.2 Å². The summed E-state index contributed by atoms with van der Waals surface area (Å²) in [5.74, 6) is -0.0218. The summed E-state index contributed by atoms with van der Waals surface area (Å²) >= 11 is 0. The molecule has 0 aliphatic carbocycles. The number of aromatic amines is 1. The Morgan fingerprint density at radius 2 is 1.93 bits per heavy atom. The number of imidazole rings is 1. The monoisotopic (exact) mass is 401 g/mol. The van der Waals surface area contributed by atoms with E-state index < -0.39 is 5.63 Å². The molecule has 3 aromatic heterocycles. The number of aryl methyl sites for hydroxylation is 3. The van der Waals surface area contributed by atoms with Crippen LogP contribution in [0.1, 0.15) is 22.3 Å². The molecular formula is C23H19N3O4. The van der Waals surface area contributed by atoms with Gasteiger partial charge in [-0.1, -0.05) is 12.1 Å². The number of rotatable bonds is 3. The van der Waals surface area contributed by atoms with Gasteiger partial charge in [-0.15, -0.1) is 0 Å². The van der Waals surface area contributed by atoms with Crippen molar-refractivity contribution in [1.82, 2.24) is 9.97 Å². The number of fused-ring (bicyclic) bond motifs is 4. The molecule has 5 rings (SSSR count). The van der Waals surface area contributed by atoms with Gasteiger partial charge in [0.2, 0.25) is 11.9 Å². The topological polar surface area (TPSA) is 101 Å². The Morgan fingerprint density at radius 3 is 2.73 bits per heavy atom. The number of amides is 1. The SMILES string of the molecule is Cc1coc2c1c(C)cc1oc(=O)c(CC(=O)Nc3nc4ccccc4[nH]3)c(C)c12. The third kappa shape index (κ3) is 2.78. The molecule has 3 heterocycles. The fourth-order valence-corrected chi connectivity index (χ4v) is 4.03. The molecule has 0 bridgehead atoms. The minimum Gasteiger partial charge on any atom is -0.463 e. The van der Waals surface area contributed by atoms with Gasteiger partial charge in [-0.2, -0.15) is 0 Å². The Balaban J connectivity index is 1.55. The van der Waals surface area contributed by atoms with E-state index in [0.717, 1.165) is 32.9 Å². The van der Waals surface area contributed by atoms with Gasteiger partial charge in [0.05, 0.1) is 34.7 Å². The molecule has 0 saturated heterocycles. The van der Waals surface area contributed by atoms with Gasteiger partial charge in [0, 0.05) is 5.39 Å². The maximum atomic E-state index is 12.6. The first kappa shape index (κ1) is 18.2. The lowest BCUT2D eigenvalue weighted by Gasteiger charge is -2.09. The number of hydrogen-bond acceptors (Lipinski definition) is 5. The summed E-state index contributed by atoms with van der Waals surface area (Å²) in [4.78, 5) is 32.7. The zero-order valence-corrected chi connectivity index (χ0v) is 16.8. The summed E-state index contributed by atoms with van der Waals surface area (Å²) in [5, 5.41) is 4.44. The van der Waals surface area contributed by atoms with E-state index in [1.54, 1.807) is 6.26 Å². The maximum absolute atomic E-state index is 12.6. The van der Waals surface area contributed by atoms with Crippen molar-refractivity contribution in [2.45, 2.75) is 27.2 Å². The van der Waals surface area contributed by atoms with Gasteiger partial charge in [-0.05, 0) is 55.7 Å². The highest BCUT2D eigenvalue weighted by atomic mass is 16.4. The van der Waals surface area contributed by atoms with Gasteiger partial charge in [-0.25, -0.2) is 9.78 Å². The highest BCUT2D eigenvalue weighted by Crippen LogP contribution is 2.34. The standard InChI is InChI=1S/C23H19N3O4/c1-11-8-17-20(21-19(11)12(2)10-29-21)13(3)14(22(28)30-17)9-18(27)26-23-24-15-6-4-5-7-16(15)25-23/h4-8,10H,9H2,1-3H3,(H2,24,25,26,27). The zero-order chi connectivity index (χ0) is 21.0. The quantitative estimate of drug-likeness (QED) is 0.433. The van der Waals surface area contributed by atoms with Gasteiger partial charge in [0.15, 0.2) is 0 Å². The number of furan rings is 1. The fraction of sp³-hybridized carbons (Fsp3) is 0.174. The predicted octanol–water partition coefficient (Wildman–Crippen LogP) is 4.52. The van der Waals surface area contributed by atoms with Crippen LogP contribution in [0.5, 0.6) is 0 Å². The third-order valence-electron chi connectivity index (χ3n) is 5.45. The van der Waals surface area contributed by atoms with Crippen LogP contribution in [-0.2, 0) is 11.2 Å². The number of anilines is 1. The number of nitrogens with zero attached hydrogens (tertiary/aromatic N) is 1. The lowest BCUT2D eigenvalue weighted by atomic mass is 9.99. The molecule has 1 amide bonds. The Bertz CT molecular complexity index is 1490. The molecule has 2 aromatic carbocycles. The van der Waals surface area contributed by atoms with Crippen LogP contribution in [0.3, 0.4) is 0 Å². The van der Waals surface area contributed by atoms with Crippen LogP contribution >= 0.6 is 0 Å². The summed E-state index contributed by atoms with van der Waals surface area (Å²) in [6, 6.07) is 9.32. The number of carbonyl (C=O) groups is 1. The van der Waals surface area contributed by atoms with E-state index in [1.807, 2.05) is 51.1 Å². The first-order chi connectivity index (χ1) is 14.4. The molecule has 7 heteroatoms. The Hall–Kier alpha value is -3.87. The Labute approximate surface area is 170 Å². The van der Waals surface area contributed by atoms with Crippen molar-refractivity contribution < 1.29 is 13.6 Å². The number of hydrogen-bond donors (Lipinski definition) is 2. The van der Waals surface area contributed by atoms with Crippen molar-refractivity contribution >= 4 is 44.8 Å². The van der Waals surface area contributed by atoms with E-state index in [2.05, 4.69) is 15.3 Å². The molecule has 0 aliphatic heterocycles. The maximum Gasteiger partial charge on any atom is 0.340 e. The number of nitrogens with one attached hydrogen (secondary N) is 2. The molecular weight excluding hydrogens is 382 g/mol. The molecule has 30 heavy (non-hydrogen) atoms. The molecule has 0 saturated carbocycles. The predicted molar refractivity (Wildman–Crippen MR) is 115 cm³/mol. The largest absolute Gasteiger partial charge is 0.463 e. The van der Waals surface area contributed by atoms with Gasteiger partial charge in [0.25, 0.3) is 0 Å². The molecule has 2 N–H and O–H groups in total. The van der Waals surface area contributed by atoms with Crippen LogP contribution in [0.4, 0.5) is 5.95 Å². The normalized spacial score (nSPS) is 11.6. The molecule has 0 unspecified atom stereocenters. The van der Waals surface area contributed by atoms with Crippen molar-refractivity contribution in [3.8, 4) is 0 Å². The van der Waals surface area contributed by atoms with Crippen molar-refractivity contribution in [2.24, 2.45) is 0 Å². The zero-order valence-electron chi connectivity index (χ0n) is 16.8. The van der Waals surface area contributed by atoms with Crippen LogP contribution in [0, 0.1) is 20.8 Å². The molecule has 150 valence electrons. The lowest BCUT2D eigenvalue weighted by Crippen LogP contribution is -2.21. The first-order valence-corrected chi connectivity index (χ1v) is 9.60. The fourth-order valence-electron chi connectivity index (χ4n) is 4.03. The summed E-state index contributed by atoms with van der Waals surface area (Å²) < 4.78 is 11.3. The van der Waals surface area contributed by atoms with Crippen LogP contribution in [0.2, 0.25) is 0 Å². The van der Waals surface area contributed by atoms with Crippen molar-refractivity contribution in [2.75, 3.05) is 5.32 Å². The first-order valence-electron chi connectivity index (χ1n) is 9.60. The van der Waals surface area contributed by atoms with Crippen molar-refractivity contribution in [3.63, 3.8) is 0 Å². The van der Waals surface area contributed by atoms with Crippen molar-refractivity contribution in [3.05, 3.63) is 69.3 Å². The van der Waals surface area contributed by atoms with Crippen LogP contribution in [0.25, 0.3) is 33.0 Å². The lowest BCUT2D eigenvalue weighted by molar-refractivity contribution is -0.115. The smallest absolute Gasteiger partial charge is 0.340 e. The molecule has 7 nitrogen and oxygen atoms in total. The average Bonchev–Trinajstić information content (AvgIpc) is 3.28. The van der Waals surface area contributed by atoms with E-state index in [9.17, 15) is 9.59 Å². The number of para-hydroxylation sites is 2.